The molecule has 12 nitrogen and oxygen atoms in total. The number of carbonyl (C=O) groups excluding carboxylic acids is 3. The van der Waals surface area contributed by atoms with Crippen molar-refractivity contribution in [1.82, 2.24) is 15.5 Å². The molecule has 4 unspecified atom stereocenters. The van der Waals surface area contributed by atoms with Gasteiger partial charge in [0, 0.05) is 19.4 Å². The molecule has 3 rings (SSSR count). The summed E-state index contributed by atoms with van der Waals surface area (Å²) in [4.78, 5) is 52.3. The van der Waals surface area contributed by atoms with Crippen molar-refractivity contribution in [2.24, 2.45) is 5.73 Å². The van der Waals surface area contributed by atoms with Crippen LogP contribution in [-0.4, -0.2) is 86.3 Å². The number of aliphatic carboxylic acids is 1. The minimum atomic E-state index is -1.26. The van der Waals surface area contributed by atoms with Gasteiger partial charge < -0.3 is 41.7 Å². The van der Waals surface area contributed by atoms with Gasteiger partial charge in [-0.05, 0) is 48.2 Å². The van der Waals surface area contributed by atoms with Crippen LogP contribution in [0.15, 0.2) is 48.5 Å². The lowest BCUT2D eigenvalue weighted by atomic mass is 10.0. The number of phenols is 2. The van der Waals surface area contributed by atoms with Gasteiger partial charge in [0.2, 0.25) is 17.7 Å². The SMILES string of the molecule is NC(CO)C(=O)NC(Cc1ccc(O)cc1)C(=O)N1CCCC1C(=O)NC(Cc1ccc(O)cc1)C(=O)O. The Morgan fingerprint density at radius 1 is 0.895 bits per heavy atom. The summed E-state index contributed by atoms with van der Waals surface area (Å²) in [7, 11) is 0. The van der Waals surface area contributed by atoms with Gasteiger partial charge in [-0.25, -0.2) is 4.79 Å². The van der Waals surface area contributed by atoms with Gasteiger partial charge in [-0.3, -0.25) is 14.4 Å². The number of aliphatic hydroxyl groups excluding tert-OH is 1. The van der Waals surface area contributed by atoms with E-state index >= 15 is 0 Å². The summed E-state index contributed by atoms with van der Waals surface area (Å²) in [6.45, 7) is -0.404. The normalized spacial score (nSPS) is 17.3. The van der Waals surface area contributed by atoms with E-state index in [1.165, 1.54) is 29.2 Å². The average Bonchev–Trinajstić information content (AvgIpc) is 3.39. The molecule has 0 bridgehead atoms. The van der Waals surface area contributed by atoms with Gasteiger partial charge in [-0.15, -0.1) is 0 Å². The highest BCUT2D eigenvalue weighted by molar-refractivity contribution is 5.94. The second-order valence-electron chi connectivity index (χ2n) is 9.18. The first-order chi connectivity index (χ1) is 18.1. The number of nitrogens with zero attached hydrogens (tertiary/aromatic N) is 1. The summed E-state index contributed by atoms with van der Waals surface area (Å²) < 4.78 is 0. The third-order valence-electron chi connectivity index (χ3n) is 6.35. The monoisotopic (exact) mass is 528 g/mol. The van der Waals surface area contributed by atoms with Gasteiger partial charge in [0.15, 0.2) is 0 Å². The van der Waals surface area contributed by atoms with Gasteiger partial charge in [-0.2, -0.15) is 0 Å². The van der Waals surface area contributed by atoms with E-state index in [4.69, 9.17) is 5.73 Å². The van der Waals surface area contributed by atoms with E-state index < -0.39 is 54.5 Å². The first-order valence-electron chi connectivity index (χ1n) is 12.1. The minimum Gasteiger partial charge on any atom is -0.508 e. The van der Waals surface area contributed by atoms with Gasteiger partial charge in [0.1, 0.15) is 35.7 Å². The molecule has 1 aliphatic rings. The number of nitrogens with two attached hydrogens (primary N) is 1. The van der Waals surface area contributed by atoms with Crippen molar-refractivity contribution < 1.29 is 39.6 Å². The van der Waals surface area contributed by atoms with Crippen LogP contribution in [0.4, 0.5) is 0 Å². The number of benzene rings is 2. The molecular weight excluding hydrogens is 496 g/mol. The molecule has 1 aliphatic heterocycles. The predicted octanol–water partition coefficient (Wildman–Crippen LogP) is -0.752. The number of nitrogens with one attached hydrogen (secondary N) is 2. The van der Waals surface area contributed by atoms with Crippen molar-refractivity contribution in [2.75, 3.05) is 13.2 Å². The van der Waals surface area contributed by atoms with Gasteiger partial charge in [-0.1, -0.05) is 24.3 Å². The van der Waals surface area contributed by atoms with Crippen molar-refractivity contribution in [3.63, 3.8) is 0 Å². The minimum absolute atomic E-state index is 0.0265. The van der Waals surface area contributed by atoms with Gasteiger partial charge in [0.05, 0.1) is 6.61 Å². The zero-order chi connectivity index (χ0) is 27.8. The molecule has 2 aromatic carbocycles. The first kappa shape index (κ1) is 28.4. The van der Waals surface area contributed by atoms with Crippen LogP contribution in [0.3, 0.4) is 0 Å². The summed E-state index contributed by atoms with van der Waals surface area (Å²) in [5.41, 5.74) is 6.82. The second-order valence-corrected chi connectivity index (χ2v) is 9.18. The highest BCUT2D eigenvalue weighted by Gasteiger charge is 2.39. The fraction of sp³-hybridized carbons (Fsp3) is 0.385. The molecule has 1 heterocycles. The maximum absolute atomic E-state index is 13.6. The molecule has 204 valence electrons. The highest BCUT2D eigenvalue weighted by atomic mass is 16.4. The molecule has 1 saturated heterocycles. The van der Waals surface area contributed by atoms with Crippen molar-refractivity contribution >= 4 is 23.7 Å². The molecule has 38 heavy (non-hydrogen) atoms. The van der Waals surface area contributed by atoms with Crippen LogP contribution in [0.1, 0.15) is 24.0 Å². The Morgan fingerprint density at radius 2 is 1.42 bits per heavy atom. The fourth-order valence-electron chi connectivity index (χ4n) is 4.27. The molecule has 0 aromatic heterocycles. The maximum atomic E-state index is 13.6. The number of likely N-dealkylation sites (tertiary alicyclic amines) is 1. The summed E-state index contributed by atoms with van der Waals surface area (Å²) >= 11 is 0. The number of carbonyl (C=O) groups is 4. The third-order valence-corrected chi connectivity index (χ3v) is 6.35. The Hall–Kier alpha value is -4.16. The largest absolute Gasteiger partial charge is 0.508 e. The number of hydrogen-bond donors (Lipinski definition) is 7. The summed E-state index contributed by atoms with van der Waals surface area (Å²) in [5.74, 6) is -3.14. The summed E-state index contributed by atoms with van der Waals surface area (Å²) in [5, 5.41) is 42.9. The van der Waals surface area contributed by atoms with Crippen LogP contribution >= 0.6 is 0 Å². The molecule has 0 radical (unpaired) electrons. The van der Waals surface area contributed by atoms with E-state index in [1.807, 2.05) is 0 Å². The number of carboxylic acid groups (broad SMARTS) is 1. The molecule has 8 N–H and O–H groups in total. The Labute approximate surface area is 219 Å². The van der Waals surface area contributed by atoms with Crippen molar-refractivity contribution in [3.8, 4) is 11.5 Å². The number of hydrogen-bond acceptors (Lipinski definition) is 8. The van der Waals surface area contributed by atoms with Crippen molar-refractivity contribution in [2.45, 2.75) is 49.9 Å². The lowest BCUT2D eigenvalue weighted by Crippen LogP contribution is -2.57. The standard InChI is InChI=1S/C26H32N4O8/c27-19(14-31)23(34)28-20(12-15-3-7-17(32)8-4-15)25(36)30-11-1-2-22(30)24(35)29-21(26(37)38)13-16-5-9-18(33)10-6-16/h3-10,19-22,31-33H,1-2,11-14,27H2,(H,28,34)(H,29,35)(H,37,38). The Bertz CT molecular complexity index is 1140. The Balaban J connectivity index is 1.76. The zero-order valence-corrected chi connectivity index (χ0v) is 20.6. The molecule has 0 saturated carbocycles. The first-order valence-corrected chi connectivity index (χ1v) is 12.1. The lowest BCUT2D eigenvalue weighted by Gasteiger charge is -2.30. The third kappa shape index (κ3) is 7.43. The molecule has 12 heteroatoms. The topological polar surface area (TPSA) is 203 Å². The number of phenolic OH excluding ortho intramolecular Hbond substituents is 2. The second kappa shape index (κ2) is 12.9. The van der Waals surface area contributed by atoms with E-state index in [0.29, 0.717) is 24.0 Å². The number of amides is 3. The quantitative estimate of drug-likeness (QED) is 0.196. The van der Waals surface area contributed by atoms with Crippen LogP contribution < -0.4 is 16.4 Å². The molecule has 0 aliphatic carbocycles. The van der Waals surface area contributed by atoms with E-state index in [1.54, 1.807) is 24.3 Å². The number of aliphatic hydroxyl groups is 1. The number of aromatic hydroxyl groups is 2. The van der Waals surface area contributed by atoms with Gasteiger partial charge >= 0.3 is 5.97 Å². The molecule has 4 atom stereocenters. The van der Waals surface area contributed by atoms with Crippen molar-refractivity contribution in [3.05, 3.63) is 59.7 Å². The van der Waals surface area contributed by atoms with Crippen LogP contribution in [0.25, 0.3) is 0 Å². The Morgan fingerprint density at radius 3 is 1.92 bits per heavy atom. The molecule has 0 spiro atoms. The molecule has 2 aromatic rings. The van der Waals surface area contributed by atoms with Crippen molar-refractivity contribution in [1.29, 1.82) is 0 Å². The summed E-state index contributed by atoms with van der Waals surface area (Å²) in [6, 6.07) is 7.39. The zero-order valence-electron chi connectivity index (χ0n) is 20.6. The Kier molecular flexibility index (Phi) is 9.63. The van der Waals surface area contributed by atoms with E-state index in [0.717, 1.165) is 0 Å². The van der Waals surface area contributed by atoms with Crippen LogP contribution in [0, 0.1) is 0 Å². The summed E-state index contributed by atoms with van der Waals surface area (Å²) in [6.07, 6.45) is 0.807. The van der Waals surface area contributed by atoms with Gasteiger partial charge in [0.25, 0.3) is 0 Å². The van der Waals surface area contributed by atoms with E-state index in [2.05, 4.69) is 10.6 Å². The number of rotatable bonds is 11. The fourth-order valence-corrected chi connectivity index (χ4v) is 4.27. The van der Waals surface area contributed by atoms with Crippen LogP contribution in [0.5, 0.6) is 11.5 Å². The highest BCUT2D eigenvalue weighted by Crippen LogP contribution is 2.21. The van der Waals surface area contributed by atoms with E-state index in [-0.39, 0.29) is 30.9 Å². The molecular formula is C26H32N4O8. The molecule has 3 amide bonds. The number of carboxylic acids is 1. The smallest absolute Gasteiger partial charge is 0.326 e. The van der Waals surface area contributed by atoms with E-state index in [9.17, 15) is 39.6 Å². The maximum Gasteiger partial charge on any atom is 0.326 e. The predicted molar refractivity (Wildman–Crippen MR) is 135 cm³/mol. The van der Waals surface area contributed by atoms with Crippen LogP contribution in [0.2, 0.25) is 0 Å². The molecule has 1 fully saturated rings. The van der Waals surface area contributed by atoms with Crippen LogP contribution in [-0.2, 0) is 32.0 Å². The lowest BCUT2D eigenvalue weighted by molar-refractivity contribution is -0.145. The average molecular weight is 529 g/mol.